The van der Waals surface area contributed by atoms with Crippen molar-refractivity contribution >= 4 is 11.9 Å². The normalized spacial score (nSPS) is 14.8. The number of carbonyl (C=O) groups is 2. The van der Waals surface area contributed by atoms with Gasteiger partial charge in [0.2, 0.25) is 0 Å². The van der Waals surface area contributed by atoms with Gasteiger partial charge in [-0.1, -0.05) is 13.8 Å². The van der Waals surface area contributed by atoms with Crippen LogP contribution in [-0.2, 0) is 19.1 Å². The van der Waals surface area contributed by atoms with Crippen LogP contribution in [0.4, 0.5) is 39.5 Å². The third-order valence-electron chi connectivity index (χ3n) is 2.98. The summed E-state index contributed by atoms with van der Waals surface area (Å²) >= 11 is 0. The fraction of sp³-hybridized carbons (Fsp3) is 0.833. The molecule has 0 aromatic rings. The van der Waals surface area contributed by atoms with Crippen LogP contribution in [0.3, 0.4) is 0 Å². The van der Waals surface area contributed by atoms with E-state index < -0.39 is 55.0 Å². The Morgan fingerprint density at radius 2 is 1.28 bits per heavy atom. The van der Waals surface area contributed by atoms with Crippen LogP contribution in [0.2, 0.25) is 0 Å². The van der Waals surface area contributed by atoms with E-state index in [-0.39, 0.29) is 0 Å². The molecule has 0 bridgehead atoms. The molecule has 1 unspecified atom stereocenters. The number of rotatable bonds is 8. The quantitative estimate of drug-likeness (QED) is 0.360. The Bertz CT molecular complexity index is 487. The topological polar surface area (TPSA) is 52.6 Å². The second-order valence-electron chi connectivity index (χ2n) is 4.83. The monoisotopic (exact) mass is 392 g/mol. The molecule has 0 fully saturated rings. The van der Waals surface area contributed by atoms with Gasteiger partial charge >= 0.3 is 35.9 Å². The van der Waals surface area contributed by atoms with Crippen LogP contribution in [0.25, 0.3) is 0 Å². The fourth-order valence-corrected chi connectivity index (χ4v) is 1.18. The lowest BCUT2D eigenvalue weighted by atomic mass is 10.0. The molecule has 0 saturated carbocycles. The molecule has 0 aromatic carbocycles. The van der Waals surface area contributed by atoms with Crippen LogP contribution in [0, 0.1) is 5.92 Å². The summed E-state index contributed by atoms with van der Waals surface area (Å²) in [5.41, 5.74) is 0. The number of hydrogen-bond donors (Lipinski definition) is 0. The highest BCUT2D eigenvalue weighted by Crippen LogP contribution is 2.53. The molecule has 0 radical (unpaired) electrons. The highest BCUT2D eigenvalue weighted by atomic mass is 19.4. The van der Waals surface area contributed by atoms with E-state index in [1.807, 2.05) is 0 Å². The summed E-state index contributed by atoms with van der Waals surface area (Å²) in [6, 6.07) is 0. The Morgan fingerprint density at radius 1 is 0.840 bits per heavy atom. The summed E-state index contributed by atoms with van der Waals surface area (Å²) in [5.74, 6) is -25.5. The summed E-state index contributed by atoms with van der Waals surface area (Å²) in [6.45, 7) is 0.883. The number of esters is 2. The maximum Gasteiger partial charge on any atom is 0.460 e. The minimum absolute atomic E-state index is 0.329. The minimum Gasteiger partial charge on any atom is -0.462 e. The van der Waals surface area contributed by atoms with E-state index >= 15 is 0 Å². The number of carbonyl (C=O) groups excluding carboxylic acids is 2. The third-order valence-corrected chi connectivity index (χ3v) is 2.98. The summed E-state index contributed by atoms with van der Waals surface area (Å²) < 4.78 is 121. The first-order valence-electron chi connectivity index (χ1n) is 6.58. The molecule has 148 valence electrons. The molecule has 0 rings (SSSR count). The van der Waals surface area contributed by atoms with E-state index in [0.29, 0.717) is 6.42 Å². The molecule has 0 aliphatic heterocycles. The Morgan fingerprint density at radius 3 is 1.68 bits per heavy atom. The summed E-state index contributed by atoms with van der Waals surface area (Å²) in [4.78, 5) is 22.0. The van der Waals surface area contributed by atoms with E-state index in [1.54, 1.807) is 6.92 Å². The van der Waals surface area contributed by atoms with E-state index in [2.05, 4.69) is 9.47 Å². The SMILES string of the molecule is CCC(C)C(=O)OCCOC(=O)C(F)(F)C(F)(F)C(F)(F)C(F)(F)F. The van der Waals surface area contributed by atoms with Crippen LogP contribution in [0.5, 0.6) is 0 Å². The predicted octanol–water partition coefficient (Wildman–Crippen LogP) is 3.59. The van der Waals surface area contributed by atoms with Gasteiger partial charge in [-0.2, -0.15) is 39.5 Å². The molecule has 0 heterocycles. The van der Waals surface area contributed by atoms with Gasteiger partial charge < -0.3 is 9.47 Å². The van der Waals surface area contributed by atoms with Crippen molar-refractivity contribution < 1.29 is 58.6 Å². The molecule has 4 nitrogen and oxygen atoms in total. The number of halogens is 9. The number of alkyl halides is 9. The molecule has 0 aromatic heterocycles. The highest BCUT2D eigenvalue weighted by Gasteiger charge is 2.84. The van der Waals surface area contributed by atoms with E-state index in [1.165, 1.54) is 6.92 Å². The molecular formula is C12H13F9O4. The Labute approximate surface area is 135 Å². The van der Waals surface area contributed by atoms with Crippen molar-refractivity contribution in [1.82, 2.24) is 0 Å². The van der Waals surface area contributed by atoms with Crippen LogP contribution in [-0.4, -0.2) is 49.1 Å². The second kappa shape index (κ2) is 7.68. The van der Waals surface area contributed by atoms with Gasteiger partial charge in [-0.05, 0) is 6.42 Å². The molecule has 1 atom stereocenters. The molecule has 0 aliphatic rings. The summed E-state index contributed by atoms with van der Waals surface area (Å²) in [5, 5.41) is 0. The third kappa shape index (κ3) is 4.69. The lowest BCUT2D eigenvalue weighted by Gasteiger charge is -2.32. The molecule has 0 aliphatic carbocycles. The van der Waals surface area contributed by atoms with Gasteiger partial charge in [-0.15, -0.1) is 0 Å². The van der Waals surface area contributed by atoms with Gasteiger partial charge in [0, 0.05) is 0 Å². The maximum atomic E-state index is 13.1. The molecule has 0 N–H and O–H groups in total. The van der Waals surface area contributed by atoms with Crippen molar-refractivity contribution in [2.24, 2.45) is 5.92 Å². The lowest BCUT2D eigenvalue weighted by Crippen LogP contribution is -2.63. The lowest BCUT2D eigenvalue weighted by molar-refractivity contribution is -0.390. The maximum absolute atomic E-state index is 13.1. The van der Waals surface area contributed by atoms with Crippen molar-refractivity contribution in [3.63, 3.8) is 0 Å². The Kier molecular flexibility index (Phi) is 7.17. The predicted molar refractivity (Wildman–Crippen MR) is 62.3 cm³/mol. The molecule has 0 amide bonds. The van der Waals surface area contributed by atoms with E-state index in [4.69, 9.17) is 0 Å². The Hall–Kier alpha value is -1.69. The molecule has 0 spiro atoms. The van der Waals surface area contributed by atoms with Gasteiger partial charge in [0.05, 0.1) is 5.92 Å². The second-order valence-corrected chi connectivity index (χ2v) is 4.83. The van der Waals surface area contributed by atoms with Crippen molar-refractivity contribution in [3.05, 3.63) is 0 Å². The van der Waals surface area contributed by atoms with Gasteiger partial charge in [-0.25, -0.2) is 4.79 Å². The van der Waals surface area contributed by atoms with Crippen molar-refractivity contribution in [2.75, 3.05) is 13.2 Å². The van der Waals surface area contributed by atoms with E-state index in [9.17, 15) is 49.1 Å². The molecule has 13 heteroatoms. The zero-order chi connectivity index (χ0) is 20.3. The van der Waals surface area contributed by atoms with Gasteiger partial charge in [0.15, 0.2) is 0 Å². The van der Waals surface area contributed by atoms with E-state index in [0.717, 1.165) is 0 Å². The zero-order valence-electron chi connectivity index (χ0n) is 12.7. The van der Waals surface area contributed by atoms with Gasteiger partial charge in [0.1, 0.15) is 13.2 Å². The van der Waals surface area contributed by atoms with Crippen LogP contribution in [0.15, 0.2) is 0 Å². The van der Waals surface area contributed by atoms with Gasteiger partial charge in [0.25, 0.3) is 0 Å². The summed E-state index contributed by atoms with van der Waals surface area (Å²) in [7, 11) is 0. The minimum atomic E-state index is -7.19. The standard InChI is InChI=1S/C12H13F9O4/c1-3-6(2)7(22)24-4-5-25-8(23)9(13,14)10(15,16)11(17,18)12(19,20)21/h6H,3-5H2,1-2H3. The Balaban J connectivity index is 4.93. The molecule has 0 saturated heterocycles. The van der Waals surface area contributed by atoms with Crippen LogP contribution < -0.4 is 0 Å². The van der Waals surface area contributed by atoms with Crippen LogP contribution in [0.1, 0.15) is 20.3 Å². The average Bonchev–Trinajstić information content (AvgIpc) is 2.48. The largest absolute Gasteiger partial charge is 0.462 e. The highest BCUT2D eigenvalue weighted by molar-refractivity contribution is 5.79. The molecular weight excluding hydrogens is 379 g/mol. The number of hydrogen-bond acceptors (Lipinski definition) is 4. The van der Waals surface area contributed by atoms with Crippen LogP contribution >= 0.6 is 0 Å². The van der Waals surface area contributed by atoms with Gasteiger partial charge in [-0.3, -0.25) is 4.79 Å². The van der Waals surface area contributed by atoms with Crippen molar-refractivity contribution in [2.45, 2.75) is 44.2 Å². The average molecular weight is 392 g/mol. The number of ether oxygens (including phenoxy) is 2. The van der Waals surface area contributed by atoms with Crippen molar-refractivity contribution in [3.8, 4) is 0 Å². The zero-order valence-corrected chi connectivity index (χ0v) is 12.7. The summed E-state index contributed by atoms with van der Waals surface area (Å²) in [6.07, 6.45) is -6.71. The first kappa shape index (κ1) is 23.3. The smallest absolute Gasteiger partial charge is 0.460 e. The fourth-order valence-electron chi connectivity index (χ4n) is 1.18. The molecule has 25 heavy (non-hydrogen) atoms. The first-order valence-corrected chi connectivity index (χ1v) is 6.58. The van der Waals surface area contributed by atoms with Crippen molar-refractivity contribution in [1.29, 1.82) is 0 Å². The first-order chi connectivity index (χ1) is 11.0.